The van der Waals surface area contributed by atoms with E-state index >= 15 is 0 Å². The molecule has 11 heteroatoms. The van der Waals surface area contributed by atoms with Crippen molar-refractivity contribution in [3.8, 4) is 17.0 Å². The zero-order valence-corrected chi connectivity index (χ0v) is 19.3. The van der Waals surface area contributed by atoms with E-state index in [-0.39, 0.29) is 17.7 Å². The lowest BCUT2D eigenvalue weighted by atomic mass is 10.0. The number of anilines is 1. The van der Waals surface area contributed by atoms with Crippen LogP contribution in [0.3, 0.4) is 0 Å². The average Bonchev–Trinajstić information content (AvgIpc) is 3.50. The molecule has 35 heavy (non-hydrogen) atoms. The summed E-state index contributed by atoms with van der Waals surface area (Å²) in [5.41, 5.74) is 4.82. The van der Waals surface area contributed by atoms with E-state index in [1.165, 1.54) is 17.0 Å². The van der Waals surface area contributed by atoms with Crippen molar-refractivity contribution in [1.29, 1.82) is 0 Å². The molecule has 3 heterocycles. The van der Waals surface area contributed by atoms with Crippen LogP contribution in [0.2, 0.25) is 0 Å². The molecular weight excluding hydrogens is 461 g/mol. The van der Waals surface area contributed by atoms with Crippen LogP contribution in [0, 0.1) is 0 Å². The number of amides is 1. The van der Waals surface area contributed by atoms with E-state index in [0.29, 0.717) is 36.1 Å². The zero-order chi connectivity index (χ0) is 24.9. The van der Waals surface area contributed by atoms with Gasteiger partial charge in [0.25, 0.3) is 5.91 Å². The first-order chi connectivity index (χ1) is 16.7. The minimum atomic E-state index is -4.55. The smallest absolute Gasteiger partial charge is 0.416 e. The monoisotopic (exact) mass is 484 g/mol. The maximum atomic E-state index is 13.6. The molecule has 182 valence electrons. The summed E-state index contributed by atoms with van der Waals surface area (Å²) in [7, 11) is 3.69. The summed E-state index contributed by atoms with van der Waals surface area (Å²) < 4.78 is 48.3. The molecule has 1 amide bonds. The summed E-state index contributed by atoms with van der Waals surface area (Å²) in [5, 5.41) is 8.75. The number of ether oxygens (including phenoxy) is 1. The molecule has 2 aromatic carbocycles. The van der Waals surface area contributed by atoms with Crippen LogP contribution in [0.4, 0.5) is 18.9 Å². The van der Waals surface area contributed by atoms with E-state index < -0.39 is 17.6 Å². The quantitative estimate of drug-likeness (QED) is 0.596. The van der Waals surface area contributed by atoms with Crippen molar-refractivity contribution in [2.45, 2.75) is 19.6 Å². The van der Waals surface area contributed by atoms with Crippen molar-refractivity contribution >= 4 is 17.4 Å². The number of carbonyl (C=O) groups excluding carboxylic acids is 1. The predicted octanol–water partition coefficient (Wildman–Crippen LogP) is 3.82. The molecule has 0 bridgehead atoms. The minimum Gasteiger partial charge on any atom is -0.494 e. The summed E-state index contributed by atoms with van der Waals surface area (Å²) in [6.45, 7) is 2.58. The van der Waals surface area contributed by atoms with Gasteiger partial charge in [0, 0.05) is 37.0 Å². The van der Waals surface area contributed by atoms with Gasteiger partial charge < -0.3 is 14.5 Å². The Morgan fingerprint density at radius 3 is 2.63 bits per heavy atom. The topological polar surface area (TPSA) is 75.0 Å². The van der Waals surface area contributed by atoms with Gasteiger partial charge in [-0.1, -0.05) is 6.07 Å². The lowest BCUT2D eigenvalue weighted by Gasteiger charge is -2.20. The summed E-state index contributed by atoms with van der Waals surface area (Å²) in [6.07, 6.45) is -2.84. The molecule has 0 spiro atoms. The van der Waals surface area contributed by atoms with E-state index in [1.54, 1.807) is 30.1 Å². The summed E-state index contributed by atoms with van der Waals surface area (Å²) in [4.78, 5) is 16.5. The molecule has 0 atom stereocenters. The van der Waals surface area contributed by atoms with Crippen molar-refractivity contribution in [3.05, 3.63) is 64.8 Å². The predicted molar refractivity (Wildman–Crippen MR) is 124 cm³/mol. The Morgan fingerprint density at radius 1 is 1.14 bits per heavy atom. The zero-order valence-electron chi connectivity index (χ0n) is 19.3. The highest BCUT2D eigenvalue weighted by molar-refractivity contribution is 6.11. The maximum absolute atomic E-state index is 13.6. The summed E-state index contributed by atoms with van der Waals surface area (Å²) in [6, 6.07) is 8.96. The molecular formula is C24H23F3N6O2. The van der Waals surface area contributed by atoms with Crippen LogP contribution in [0.1, 0.15) is 34.0 Å². The molecule has 2 aliphatic rings. The van der Waals surface area contributed by atoms with Gasteiger partial charge >= 0.3 is 6.18 Å². The minimum absolute atomic E-state index is 0.0254. The van der Waals surface area contributed by atoms with E-state index in [4.69, 9.17) is 4.74 Å². The van der Waals surface area contributed by atoms with Crippen molar-refractivity contribution in [1.82, 2.24) is 20.1 Å². The Labute approximate surface area is 199 Å². The Balaban J connectivity index is 1.61. The SMILES string of the molecule is CCOc1cc(-c2c(C3=NNCN3C)cnn2C)cc(N2Cc3c(cccc3C(F)(F)F)C2=O)c1. The number of fused-ring (bicyclic) bond motifs is 1. The highest BCUT2D eigenvalue weighted by Crippen LogP contribution is 2.40. The molecule has 1 aromatic heterocycles. The second-order valence-corrected chi connectivity index (χ2v) is 8.35. The molecule has 0 fully saturated rings. The number of amidine groups is 1. The highest BCUT2D eigenvalue weighted by atomic mass is 19.4. The number of aryl methyl sites for hydroxylation is 1. The molecule has 8 nitrogen and oxygen atoms in total. The Morgan fingerprint density at radius 2 is 1.94 bits per heavy atom. The fraction of sp³-hybridized carbons (Fsp3) is 0.292. The van der Waals surface area contributed by atoms with Crippen LogP contribution in [-0.2, 0) is 19.8 Å². The van der Waals surface area contributed by atoms with Gasteiger partial charge in [0.1, 0.15) is 12.4 Å². The second kappa shape index (κ2) is 8.33. The second-order valence-electron chi connectivity index (χ2n) is 8.35. The van der Waals surface area contributed by atoms with Crippen LogP contribution in [0.15, 0.2) is 47.7 Å². The first-order valence-corrected chi connectivity index (χ1v) is 11.0. The Bertz CT molecular complexity index is 1350. The van der Waals surface area contributed by atoms with Gasteiger partial charge in [0.05, 0.1) is 36.2 Å². The number of hydrazone groups is 1. The highest BCUT2D eigenvalue weighted by Gasteiger charge is 2.40. The van der Waals surface area contributed by atoms with E-state index in [0.717, 1.165) is 17.3 Å². The van der Waals surface area contributed by atoms with Crippen LogP contribution < -0.4 is 15.1 Å². The van der Waals surface area contributed by atoms with Crippen molar-refractivity contribution in [3.63, 3.8) is 0 Å². The molecule has 5 rings (SSSR count). The average molecular weight is 484 g/mol. The fourth-order valence-corrected chi connectivity index (χ4v) is 4.52. The normalized spacial score (nSPS) is 15.4. The van der Waals surface area contributed by atoms with Gasteiger partial charge in [-0.25, -0.2) is 0 Å². The lowest BCUT2D eigenvalue weighted by molar-refractivity contribution is -0.138. The number of nitrogens with one attached hydrogen (secondary N) is 1. The number of alkyl halides is 3. The van der Waals surface area contributed by atoms with Crippen molar-refractivity contribution in [2.24, 2.45) is 12.1 Å². The third-order valence-corrected chi connectivity index (χ3v) is 6.09. The maximum Gasteiger partial charge on any atom is 0.416 e. The van der Waals surface area contributed by atoms with Crippen LogP contribution in [-0.4, -0.2) is 46.7 Å². The van der Waals surface area contributed by atoms with Crippen molar-refractivity contribution < 1.29 is 22.7 Å². The van der Waals surface area contributed by atoms with Gasteiger partial charge in [-0.05, 0) is 36.8 Å². The van der Waals surface area contributed by atoms with E-state index in [2.05, 4.69) is 15.6 Å². The van der Waals surface area contributed by atoms with Gasteiger partial charge in [-0.3, -0.25) is 14.9 Å². The summed E-state index contributed by atoms with van der Waals surface area (Å²) >= 11 is 0. The van der Waals surface area contributed by atoms with Crippen LogP contribution >= 0.6 is 0 Å². The molecule has 2 aliphatic heterocycles. The van der Waals surface area contributed by atoms with E-state index in [1.807, 2.05) is 24.9 Å². The van der Waals surface area contributed by atoms with Gasteiger partial charge in [0.15, 0.2) is 5.84 Å². The van der Waals surface area contributed by atoms with Crippen LogP contribution in [0.25, 0.3) is 11.3 Å². The summed E-state index contributed by atoms with van der Waals surface area (Å²) in [5.74, 6) is 0.711. The Hall–Kier alpha value is -4.02. The number of benzene rings is 2. The van der Waals surface area contributed by atoms with Gasteiger partial charge in [0.2, 0.25) is 0 Å². The molecule has 1 N–H and O–H groups in total. The third-order valence-electron chi connectivity index (χ3n) is 6.09. The number of rotatable bonds is 5. The number of halogens is 3. The molecule has 0 saturated heterocycles. The number of hydrogen-bond donors (Lipinski definition) is 1. The standard InChI is InChI=1S/C24H23F3N6O2/c1-4-35-16-9-14(21-18(11-29-32(21)3)22-30-28-13-31(22)2)8-15(10-16)33-12-19-17(23(33)34)6-5-7-20(19)24(25,26)27/h5-11,28H,4,12-13H2,1-3H3. The third kappa shape index (κ3) is 3.86. The van der Waals surface area contributed by atoms with E-state index in [9.17, 15) is 18.0 Å². The molecule has 0 aliphatic carbocycles. The number of hydrogen-bond acceptors (Lipinski definition) is 6. The van der Waals surface area contributed by atoms with Crippen LogP contribution in [0.5, 0.6) is 5.75 Å². The fourth-order valence-electron chi connectivity index (χ4n) is 4.52. The largest absolute Gasteiger partial charge is 0.494 e. The van der Waals surface area contributed by atoms with Gasteiger partial charge in [-0.2, -0.15) is 23.4 Å². The molecule has 3 aromatic rings. The first kappa shape index (κ1) is 22.8. The Kier molecular flexibility index (Phi) is 5.42. The molecule has 0 radical (unpaired) electrons. The first-order valence-electron chi connectivity index (χ1n) is 11.0. The number of nitrogens with zero attached hydrogens (tertiary/aromatic N) is 5. The lowest BCUT2D eigenvalue weighted by Crippen LogP contribution is -2.25. The van der Waals surface area contributed by atoms with Gasteiger partial charge in [-0.15, -0.1) is 0 Å². The molecule has 0 unspecified atom stereocenters. The number of aromatic nitrogens is 2. The number of carbonyl (C=O) groups is 1. The molecule has 0 saturated carbocycles. The van der Waals surface area contributed by atoms with Crippen molar-refractivity contribution in [2.75, 3.05) is 25.2 Å².